The number of carboxylic acids is 1. The van der Waals surface area contributed by atoms with Gasteiger partial charge in [-0.1, -0.05) is 0 Å². The molecule has 0 aromatic carbocycles. The summed E-state index contributed by atoms with van der Waals surface area (Å²) in [6.45, 7) is 1.20. The molecule has 31 heavy (non-hydrogen) atoms. The number of amides is 4. The number of aliphatic hydroxyl groups is 1. The molecular weight excluding hydrogens is 450 g/mol. The first kappa shape index (κ1) is 29.0. The van der Waals surface area contributed by atoms with Crippen molar-refractivity contribution >= 4 is 54.0 Å². The third kappa shape index (κ3) is 11.2. The molecule has 0 fully saturated rings. The molecule has 0 aliphatic heterocycles. The SMILES string of the molecule is CSCCC(NC(=O)C(N)CCC(N)=O)C(=O)NC(CS)C(=O)NC(C(=O)O)C(C)O. The number of rotatable bonds is 15. The van der Waals surface area contributed by atoms with E-state index >= 15 is 0 Å². The van der Waals surface area contributed by atoms with Crippen LogP contribution in [0.2, 0.25) is 0 Å². The molecule has 0 saturated carbocycles. The van der Waals surface area contributed by atoms with Gasteiger partial charge < -0.3 is 37.6 Å². The number of nitrogens with two attached hydrogens (primary N) is 2. The number of carbonyl (C=O) groups is 5. The zero-order valence-electron chi connectivity index (χ0n) is 17.4. The summed E-state index contributed by atoms with van der Waals surface area (Å²) in [5, 5.41) is 25.6. The smallest absolute Gasteiger partial charge is 0.328 e. The largest absolute Gasteiger partial charge is 0.480 e. The second kappa shape index (κ2) is 14.9. The highest BCUT2D eigenvalue weighted by atomic mass is 32.2. The molecule has 12 nitrogen and oxygen atoms in total. The molecule has 0 heterocycles. The Morgan fingerprint density at radius 3 is 2.00 bits per heavy atom. The normalized spacial score (nSPS) is 15.6. The Balaban J connectivity index is 5.16. The van der Waals surface area contributed by atoms with E-state index in [9.17, 15) is 29.1 Å². The lowest BCUT2D eigenvalue weighted by molar-refractivity contribution is -0.145. The van der Waals surface area contributed by atoms with Gasteiger partial charge in [0.2, 0.25) is 23.6 Å². The third-order valence-electron chi connectivity index (χ3n) is 4.14. The Kier molecular flexibility index (Phi) is 13.9. The summed E-state index contributed by atoms with van der Waals surface area (Å²) >= 11 is 5.43. The molecule has 5 unspecified atom stereocenters. The summed E-state index contributed by atoms with van der Waals surface area (Å²) in [4.78, 5) is 59.3. The van der Waals surface area contributed by atoms with Crippen LogP contribution in [0.4, 0.5) is 0 Å². The molecule has 0 rings (SSSR count). The molecule has 0 spiro atoms. The van der Waals surface area contributed by atoms with E-state index in [4.69, 9.17) is 16.6 Å². The summed E-state index contributed by atoms with van der Waals surface area (Å²) in [5.74, 6) is -3.91. The van der Waals surface area contributed by atoms with Crippen LogP contribution < -0.4 is 27.4 Å². The van der Waals surface area contributed by atoms with Crippen LogP contribution >= 0.6 is 24.4 Å². The summed E-state index contributed by atoms with van der Waals surface area (Å²) in [5.41, 5.74) is 10.8. The van der Waals surface area contributed by atoms with Crippen molar-refractivity contribution in [3.05, 3.63) is 0 Å². The number of aliphatic hydroxyl groups excluding tert-OH is 1. The zero-order chi connectivity index (χ0) is 24.1. The minimum absolute atomic E-state index is 0.00955. The third-order valence-corrected chi connectivity index (χ3v) is 5.15. The lowest BCUT2D eigenvalue weighted by Gasteiger charge is -2.25. The van der Waals surface area contributed by atoms with Crippen LogP contribution in [-0.2, 0) is 24.0 Å². The molecule has 9 N–H and O–H groups in total. The van der Waals surface area contributed by atoms with Crippen molar-refractivity contribution in [2.45, 2.75) is 56.5 Å². The quantitative estimate of drug-likeness (QED) is 0.113. The predicted octanol–water partition coefficient (Wildman–Crippen LogP) is -2.82. The Bertz CT molecular complexity index is 650. The molecule has 0 aliphatic carbocycles. The fourth-order valence-corrected chi connectivity index (χ4v) is 3.05. The second-order valence-electron chi connectivity index (χ2n) is 6.76. The van der Waals surface area contributed by atoms with Crippen LogP contribution in [0.5, 0.6) is 0 Å². The highest BCUT2D eigenvalue weighted by Gasteiger charge is 2.31. The molecule has 4 amide bonds. The topological polar surface area (TPSA) is 214 Å². The fraction of sp³-hybridized carbons (Fsp3) is 0.706. The van der Waals surface area contributed by atoms with Gasteiger partial charge in [-0.2, -0.15) is 24.4 Å². The number of thiol groups is 1. The van der Waals surface area contributed by atoms with Crippen molar-refractivity contribution in [1.29, 1.82) is 0 Å². The highest BCUT2D eigenvalue weighted by Crippen LogP contribution is 2.04. The number of nitrogens with one attached hydrogen (secondary N) is 3. The summed E-state index contributed by atoms with van der Waals surface area (Å²) < 4.78 is 0. The first-order valence-corrected chi connectivity index (χ1v) is 11.4. The Labute approximate surface area is 190 Å². The standard InChI is InChI=1S/C17H31N5O7S2/c1-8(23)13(17(28)29)22-16(27)11(7-30)21-15(26)10(5-6-31-2)20-14(25)9(18)3-4-12(19)24/h8-11,13,23,30H,3-7,18H2,1-2H3,(H2,19,24)(H,20,25)(H,21,26)(H,22,27)(H,28,29). The average Bonchev–Trinajstić information content (AvgIpc) is 2.69. The van der Waals surface area contributed by atoms with Gasteiger partial charge in [0, 0.05) is 12.2 Å². The van der Waals surface area contributed by atoms with Gasteiger partial charge in [-0.15, -0.1) is 0 Å². The molecule has 178 valence electrons. The maximum atomic E-state index is 12.7. The molecule has 14 heteroatoms. The monoisotopic (exact) mass is 481 g/mol. The molecule has 0 aromatic heterocycles. The van der Waals surface area contributed by atoms with Crippen molar-refractivity contribution in [2.24, 2.45) is 11.5 Å². The second-order valence-corrected chi connectivity index (χ2v) is 8.11. The van der Waals surface area contributed by atoms with E-state index in [2.05, 4.69) is 28.6 Å². The Morgan fingerprint density at radius 1 is 1.00 bits per heavy atom. The van der Waals surface area contributed by atoms with E-state index < -0.39 is 59.9 Å². The predicted molar refractivity (Wildman–Crippen MR) is 118 cm³/mol. The lowest BCUT2D eigenvalue weighted by atomic mass is 10.1. The number of thioether (sulfide) groups is 1. The molecular formula is C17H31N5O7S2. The van der Waals surface area contributed by atoms with Crippen molar-refractivity contribution in [2.75, 3.05) is 17.8 Å². The zero-order valence-corrected chi connectivity index (χ0v) is 19.1. The van der Waals surface area contributed by atoms with Gasteiger partial charge in [-0.05, 0) is 31.8 Å². The van der Waals surface area contributed by atoms with E-state index in [1.54, 1.807) is 6.26 Å². The van der Waals surface area contributed by atoms with Crippen molar-refractivity contribution in [3.63, 3.8) is 0 Å². The number of hydrogen-bond donors (Lipinski definition) is 8. The van der Waals surface area contributed by atoms with E-state index in [-0.39, 0.29) is 25.0 Å². The van der Waals surface area contributed by atoms with Crippen molar-refractivity contribution in [1.82, 2.24) is 16.0 Å². The minimum atomic E-state index is -1.57. The van der Waals surface area contributed by atoms with Gasteiger partial charge in [0.1, 0.15) is 12.1 Å². The van der Waals surface area contributed by atoms with Crippen LogP contribution in [0.25, 0.3) is 0 Å². The van der Waals surface area contributed by atoms with E-state index in [0.29, 0.717) is 5.75 Å². The van der Waals surface area contributed by atoms with E-state index in [1.807, 2.05) is 0 Å². The number of hydrogen-bond acceptors (Lipinski definition) is 9. The summed E-state index contributed by atoms with van der Waals surface area (Å²) in [6.07, 6.45) is 0.588. The van der Waals surface area contributed by atoms with Gasteiger partial charge in [0.15, 0.2) is 6.04 Å². The average molecular weight is 482 g/mol. The Morgan fingerprint density at radius 2 is 1.55 bits per heavy atom. The summed E-state index contributed by atoms with van der Waals surface area (Å²) in [6, 6.07) is -4.86. The van der Waals surface area contributed by atoms with Crippen LogP contribution in [0, 0.1) is 0 Å². The lowest BCUT2D eigenvalue weighted by Crippen LogP contribution is -2.58. The van der Waals surface area contributed by atoms with Crippen molar-refractivity contribution < 1.29 is 34.2 Å². The fourth-order valence-electron chi connectivity index (χ4n) is 2.32. The van der Waals surface area contributed by atoms with Crippen LogP contribution in [0.1, 0.15) is 26.2 Å². The first-order chi connectivity index (χ1) is 14.4. The van der Waals surface area contributed by atoms with Crippen LogP contribution in [0.15, 0.2) is 0 Å². The van der Waals surface area contributed by atoms with Gasteiger partial charge in [-0.3, -0.25) is 19.2 Å². The van der Waals surface area contributed by atoms with Gasteiger partial charge in [0.05, 0.1) is 12.1 Å². The molecule has 0 aliphatic rings. The van der Waals surface area contributed by atoms with E-state index in [1.165, 1.54) is 18.7 Å². The van der Waals surface area contributed by atoms with E-state index in [0.717, 1.165) is 0 Å². The first-order valence-electron chi connectivity index (χ1n) is 9.40. The molecule has 0 bridgehead atoms. The van der Waals surface area contributed by atoms with Crippen molar-refractivity contribution in [3.8, 4) is 0 Å². The molecule has 0 radical (unpaired) electrons. The number of carboxylic acid groups (broad SMARTS) is 1. The molecule has 5 atom stereocenters. The molecule has 0 saturated heterocycles. The van der Waals surface area contributed by atoms with Gasteiger partial charge in [0.25, 0.3) is 0 Å². The summed E-state index contributed by atoms with van der Waals surface area (Å²) in [7, 11) is 0. The van der Waals surface area contributed by atoms with Gasteiger partial charge in [-0.25, -0.2) is 4.79 Å². The highest BCUT2D eigenvalue weighted by molar-refractivity contribution is 7.98. The number of primary amides is 1. The maximum Gasteiger partial charge on any atom is 0.328 e. The number of aliphatic carboxylic acids is 1. The van der Waals surface area contributed by atoms with Crippen LogP contribution in [0.3, 0.4) is 0 Å². The maximum absolute atomic E-state index is 12.7. The molecule has 0 aromatic rings. The van der Waals surface area contributed by atoms with Gasteiger partial charge >= 0.3 is 5.97 Å². The number of carbonyl (C=O) groups excluding carboxylic acids is 4. The van der Waals surface area contributed by atoms with Crippen LogP contribution in [-0.4, -0.2) is 87.8 Å². The minimum Gasteiger partial charge on any atom is -0.480 e. The Hall–Kier alpha value is -2.03.